The molecule has 206 valence electrons. The smallest absolute Gasteiger partial charge is 0.308 e. The molecule has 42 heavy (non-hydrogen) atoms. The summed E-state index contributed by atoms with van der Waals surface area (Å²) in [6.45, 7) is 1.29. The van der Waals surface area contributed by atoms with Gasteiger partial charge in [-0.25, -0.2) is 4.39 Å². The quantitative estimate of drug-likeness (QED) is 0.131. The van der Waals surface area contributed by atoms with E-state index in [1.165, 1.54) is 31.2 Å². The molecule has 3 atom stereocenters. The maximum Gasteiger partial charge on any atom is 0.308 e. The third-order valence-electron chi connectivity index (χ3n) is 8.60. The van der Waals surface area contributed by atoms with Gasteiger partial charge in [0.25, 0.3) is 0 Å². The van der Waals surface area contributed by atoms with Crippen molar-refractivity contribution in [1.82, 2.24) is 0 Å². The zero-order valence-electron chi connectivity index (χ0n) is 22.5. The van der Waals surface area contributed by atoms with Gasteiger partial charge in [0.15, 0.2) is 23.1 Å². The summed E-state index contributed by atoms with van der Waals surface area (Å²) in [5.74, 6) is -2.92. The molecular formula is C35H24FNO5. The molecule has 2 aliphatic heterocycles. The Balaban J connectivity index is 1.57. The summed E-state index contributed by atoms with van der Waals surface area (Å²) < 4.78 is 19.9. The average Bonchev–Trinajstić information content (AvgIpc) is 3.43. The fraction of sp³-hybridized carbons (Fsp3) is 0.143. The Bertz CT molecular complexity index is 1790. The number of Topliss-reactive ketones (excluding diaryl/α,β-unsaturated/α-hetero) is 3. The van der Waals surface area contributed by atoms with E-state index in [9.17, 15) is 23.6 Å². The first-order chi connectivity index (χ1) is 20.3. The fourth-order valence-corrected chi connectivity index (χ4v) is 7.04. The van der Waals surface area contributed by atoms with E-state index >= 15 is 0 Å². The largest absolute Gasteiger partial charge is 0.424 e. The van der Waals surface area contributed by atoms with Gasteiger partial charge in [-0.3, -0.25) is 19.2 Å². The van der Waals surface area contributed by atoms with Gasteiger partial charge in [0.05, 0.1) is 11.7 Å². The molecular weight excluding hydrogens is 533 g/mol. The number of ketones is 3. The van der Waals surface area contributed by atoms with E-state index in [-0.39, 0.29) is 22.7 Å². The molecule has 4 aromatic rings. The van der Waals surface area contributed by atoms with Crippen LogP contribution < -0.4 is 9.64 Å². The lowest BCUT2D eigenvalue weighted by Crippen LogP contribution is -2.48. The highest BCUT2D eigenvalue weighted by Crippen LogP contribution is 2.62. The van der Waals surface area contributed by atoms with Crippen molar-refractivity contribution in [2.24, 2.45) is 5.41 Å². The summed E-state index contributed by atoms with van der Waals surface area (Å²) in [7, 11) is 0. The third kappa shape index (κ3) is 3.49. The monoisotopic (exact) mass is 557 g/mol. The van der Waals surface area contributed by atoms with Crippen LogP contribution >= 0.6 is 0 Å². The number of carbonyl (C=O) groups excluding carboxylic acids is 4. The number of nitrogens with zero attached hydrogens (tertiary/aromatic N) is 1. The summed E-state index contributed by atoms with van der Waals surface area (Å²) in [5.41, 5.74) is 0.811. The predicted molar refractivity (Wildman–Crippen MR) is 154 cm³/mol. The standard InChI is InChI=1S/C35H24FNO5/c1-20(38)42-27-13-7-10-22-16-19-28-35(33(40)25-11-5-6-12-26(25)34(35)41)29(21-14-17-24(36)18-15-21)31(37(28)30(22)27)32(39)23-8-3-2-4-9-23/h2-19,28-29,31H,1H3/t28-,29+,31+/m1/s1. The maximum absolute atomic E-state index is 14.7. The molecule has 0 amide bonds. The van der Waals surface area contributed by atoms with Crippen LogP contribution in [0, 0.1) is 11.2 Å². The lowest BCUT2D eigenvalue weighted by atomic mass is 9.64. The van der Waals surface area contributed by atoms with Gasteiger partial charge in [-0.1, -0.05) is 91.0 Å². The first-order valence-corrected chi connectivity index (χ1v) is 13.7. The number of carbonyl (C=O) groups is 4. The summed E-state index contributed by atoms with van der Waals surface area (Å²) in [4.78, 5) is 57.9. The number of hydrogen-bond donors (Lipinski definition) is 0. The number of para-hydroxylation sites is 1. The number of benzene rings is 4. The molecule has 7 heteroatoms. The Morgan fingerprint density at radius 3 is 2.10 bits per heavy atom. The number of hydrogen-bond acceptors (Lipinski definition) is 6. The molecule has 4 aromatic carbocycles. The van der Waals surface area contributed by atoms with E-state index in [1.807, 2.05) is 6.07 Å². The van der Waals surface area contributed by atoms with Crippen molar-refractivity contribution < 1.29 is 28.3 Å². The Labute approximate surface area is 241 Å². The number of ether oxygens (including phenoxy) is 1. The van der Waals surface area contributed by atoms with Gasteiger partial charge in [-0.05, 0) is 23.8 Å². The van der Waals surface area contributed by atoms with Crippen LogP contribution in [0.5, 0.6) is 5.75 Å². The number of anilines is 1. The summed E-state index contributed by atoms with van der Waals surface area (Å²) in [5, 5.41) is 0. The predicted octanol–water partition coefficient (Wildman–Crippen LogP) is 6.07. The molecule has 0 unspecified atom stereocenters. The van der Waals surface area contributed by atoms with E-state index in [2.05, 4.69) is 0 Å². The van der Waals surface area contributed by atoms with Crippen LogP contribution in [0.15, 0.2) is 103 Å². The lowest BCUT2D eigenvalue weighted by molar-refractivity contribution is -0.131. The summed E-state index contributed by atoms with van der Waals surface area (Å²) in [6.07, 6.45) is 3.59. The van der Waals surface area contributed by atoms with Crippen LogP contribution in [-0.2, 0) is 4.79 Å². The molecule has 1 saturated heterocycles. The number of halogens is 1. The highest BCUT2D eigenvalue weighted by atomic mass is 19.1. The minimum absolute atomic E-state index is 0.213. The molecule has 0 aromatic heterocycles. The zero-order chi connectivity index (χ0) is 29.2. The van der Waals surface area contributed by atoms with Crippen molar-refractivity contribution in [3.8, 4) is 5.75 Å². The number of rotatable bonds is 4. The molecule has 0 radical (unpaired) electrons. The third-order valence-corrected chi connectivity index (χ3v) is 8.60. The Kier molecular flexibility index (Phi) is 5.80. The fourth-order valence-electron chi connectivity index (χ4n) is 7.04. The first-order valence-electron chi connectivity index (χ1n) is 13.7. The second-order valence-electron chi connectivity index (χ2n) is 10.8. The van der Waals surface area contributed by atoms with Crippen molar-refractivity contribution in [2.75, 3.05) is 4.90 Å². The van der Waals surface area contributed by atoms with E-state index < -0.39 is 46.8 Å². The topological polar surface area (TPSA) is 80.8 Å². The van der Waals surface area contributed by atoms with Crippen LogP contribution in [0.3, 0.4) is 0 Å². The van der Waals surface area contributed by atoms with Gasteiger partial charge in [-0.2, -0.15) is 0 Å². The minimum atomic E-state index is -1.74. The molecule has 0 bridgehead atoms. The van der Waals surface area contributed by atoms with E-state index in [4.69, 9.17) is 4.74 Å². The lowest BCUT2D eigenvalue weighted by Gasteiger charge is -2.37. The zero-order valence-corrected chi connectivity index (χ0v) is 22.5. The van der Waals surface area contributed by atoms with E-state index in [1.54, 1.807) is 83.8 Å². The Hall–Kier alpha value is -5.17. The van der Waals surface area contributed by atoms with Gasteiger partial charge < -0.3 is 9.64 Å². The second kappa shape index (κ2) is 9.45. The molecule has 1 fully saturated rings. The van der Waals surface area contributed by atoms with Crippen LogP contribution in [0.25, 0.3) is 6.08 Å². The molecule has 7 rings (SSSR count). The molecule has 0 N–H and O–H groups in total. The number of fused-ring (bicyclic) bond motifs is 5. The van der Waals surface area contributed by atoms with Crippen LogP contribution in [-0.4, -0.2) is 35.4 Å². The highest BCUT2D eigenvalue weighted by Gasteiger charge is 2.71. The molecule has 1 aliphatic carbocycles. The van der Waals surface area contributed by atoms with Gasteiger partial charge in [0.2, 0.25) is 0 Å². The van der Waals surface area contributed by atoms with Crippen molar-refractivity contribution in [3.63, 3.8) is 0 Å². The van der Waals surface area contributed by atoms with E-state index in [0.717, 1.165) is 0 Å². The van der Waals surface area contributed by atoms with Gasteiger partial charge in [0, 0.05) is 35.1 Å². The van der Waals surface area contributed by atoms with Crippen molar-refractivity contribution >= 4 is 35.1 Å². The molecule has 1 spiro atoms. The maximum atomic E-state index is 14.7. The summed E-state index contributed by atoms with van der Waals surface area (Å²) >= 11 is 0. The summed E-state index contributed by atoms with van der Waals surface area (Å²) in [6, 6.07) is 24.2. The second-order valence-corrected chi connectivity index (χ2v) is 10.8. The average molecular weight is 558 g/mol. The van der Waals surface area contributed by atoms with Crippen LogP contribution in [0.1, 0.15) is 55.0 Å². The van der Waals surface area contributed by atoms with Crippen molar-refractivity contribution in [1.29, 1.82) is 0 Å². The highest BCUT2D eigenvalue weighted by molar-refractivity contribution is 6.32. The first kappa shape index (κ1) is 25.8. The normalized spacial score (nSPS) is 21.2. The minimum Gasteiger partial charge on any atom is -0.424 e. The van der Waals surface area contributed by atoms with Crippen molar-refractivity contribution in [2.45, 2.75) is 24.9 Å². The van der Waals surface area contributed by atoms with Crippen LogP contribution in [0.4, 0.5) is 10.1 Å². The van der Waals surface area contributed by atoms with Gasteiger partial charge in [-0.15, -0.1) is 0 Å². The van der Waals surface area contributed by atoms with Gasteiger partial charge >= 0.3 is 5.97 Å². The Morgan fingerprint density at radius 2 is 1.45 bits per heavy atom. The Morgan fingerprint density at radius 1 is 0.810 bits per heavy atom. The molecule has 3 aliphatic rings. The molecule has 6 nitrogen and oxygen atoms in total. The number of esters is 1. The molecule has 2 heterocycles. The SMILES string of the molecule is CC(=O)Oc1cccc2c1N1[C@H](C(=O)c3ccccc3)[C@H](c3ccc(F)cc3)C3(C(=O)c4ccccc4C3=O)[C@H]1C=C2. The van der Waals surface area contributed by atoms with Gasteiger partial charge in [0.1, 0.15) is 17.3 Å². The van der Waals surface area contributed by atoms with Crippen molar-refractivity contribution in [3.05, 3.63) is 137 Å². The van der Waals surface area contributed by atoms with Crippen LogP contribution in [0.2, 0.25) is 0 Å². The molecule has 0 saturated carbocycles. The van der Waals surface area contributed by atoms with E-state index in [0.29, 0.717) is 22.4 Å².